The third kappa shape index (κ3) is 3.75. The summed E-state index contributed by atoms with van der Waals surface area (Å²) in [5.74, 6) is 2.31. The van der Waals surface area contributed by atoms with E-state index in [0.717, 1.165) is 30.3 Å². The standard InChI is InChI=1S/C16H15NO2/c1-3-12-18-14-8-10-16(11-9-14)19-15-6-4-13(17-2)5-7-15/h4-11H,3,12H2,1H3. The van der Waals surface area contributed by atoms with E-state index in [1.807, 2.05) is 24.3 Å². The van der Waals surface area contributed by atoms with E-state index in [-0.39, 0.29) is 0 Å². The molecule has 0 heterocycles. The molecule has 0 saturated heterocycles. The van der Waals surface area contributed by atoms with Crippen LogP contribution in [0.25, 0.3) is 4.85 Å². The highest BCUT2D eigenvalue weighted by atomic mass is 16.5. The molecule has 3 heteroatoms. The first-order valence-electron chi connectivity index (χ1n) is 6.20. The lowest BCUT2D eigenvalue weighted by molar-refractivity contribution is 0.317. The first-order chi connectivity index (χ1) is 9.31. The minimum absolute atomic E-state index is 0.607. The van der Waals surface area contributed by atoms with Crippen LogP contribution in [0.15, 0.2) is 48.5 Å². The van der Waals surface area contributed by atoms with Gasteiger partial charge in [-0.1, -0.05) is 19.1 Å². The summed E-state index contributed by atoms with van der Waals surface area (Å²) in [6.45, 7) is 9.68. The van der Waals surface area contributed by atoms with Crippen molar-refractivity contribution in [3.63, 3.8) is 0 Å². The van der Waals surface area contributed by atoms with Gasteiger partial charge in [-0.25, -0.2) is 4.85 Å². The van der Waals surface area contributed by atoms with E-state index in [1.165, 1.54) is 0 Å². The molecular weight excluding hydrogens is 238 g/mol. The minimum atomic E-state index is 0.607. The summed E-state index contributed by atoms with van der Waals surface area (Å²) < 4.78 is 11.2. The maximum atomic E-state index is 6.88. The molecule has 0 aliphatic heterocycles. The first kappa shape index (κ1) is 13.0. The van der Waals surface area contributed by atoms with Crippen LogP contribution in [0, 0.1) is 6.57 Å². The number of nitrogens with zero attached hydrogens (tertiary/aromatic N) is 1. The van der Waals surface area contributed by atoms with Crippen LogP contribution < -0.4 is 9.47 Å². The molecule has 0 saturated carbocycles. The summed E-state index contributed by atoms with van der Waals surface area (Å²) in [4.78, 5) is 3.34. The van der Waals surface area contributed by atoms with Crippen molar-refractivity contribution in [2.75, 3.05) is 6.61 Å². The van der Waals surface area contributed by atoms with Crippen molar-refractivity contribution < 1.29 is 9.47 Å². The van der Waals surface area contributed by atoms with Gasteiger partial charge in [-0.15, -0.1) is 0 Å². The second-order valence-electron chi connectivity index (χ2n) is 4.03. The molecule has 0 radical (unpaired) electrons. The SMILES string of the molecule is [C-]#[N+]c1ccc(Oc2ccc(OCCC)cc2)cc1. The van der Waals surface area contributed by atoms with Crippen molar-refractivity contribution in [3.8, 4) is 17.2 Å². The van der Waals surface area contributed by atoms with Crippen LogP contribution in [0.2, 0.25) is 0 Å². The Balaban J connectivity index is 2.00. The maximum Gasteiger partial charge on any atom is 0.187 e. The molecule has 0 aromatic heterocycles. The fourth-order valence-electron chi connectivity index (χ4n) is 1.55. The molecule has 0 aliphatic rings. The summed E-state index contributed by atoms with van der Waals surface area (Å²) >= 11 is 0. The third-order valence-corrected chi connectivity index (χ3v) is 2.50. The quantitative estimate of drug-likeness (QED) is 0.713. The van der Waals surface area contributed by atoms with E-state index < -0.39 is 0 Å². The van der Waals surface area contributed by atoms with Gasteiger partial charge in [0.25, 0.3) is 0 Å². The summed E-state index contributed by atoms with van der Waals surface area (Å²) in [5, 5.41) is 0. The van der Waals surface area contributed by atoms with Gasteiger partial charge >= 0.3 is 0 Å². The molecular formula is C16H15NO2. The molecule has 0 atom stereocenters. The van der Waals surface area contributed by atoms with E-state index >= 15 is 0 Å². The number of benzene rings is 2. The van der Waals surface area contributed by atoms with Crippen LogP contribution in [-0.4, -0.2) is 6.61 Å². The monoisotopic (exact) mass is 253 g/mol. The van der Waals surface area contributed by atoms with Gasteiger partial charge < -0.3 is 9.47 Å². The summed E-state index contributed by atoms with van der Waals surface area (Å²) in [6, 6.07) is 14.6. The maximum absolute atomic E-state index is 6.88. The van der Waals surface area contributed by atoms with Crippen LogP contribution in [-0.2, 0) is 0 Å². The van der Waals surface area contributed by atoms with Crippen molar-refractivity contribution >= 4 is 5.69 Å². The molecule has 2 aromatic rings. The summed E-state index contributed by atoms with van der Waals surface area (Å²) in [7, 11) is 0. The number of hydrogen-bond acceptors (Lipinski definition) is 2. The highest BCUT2D eigenvalue weighted by Crippen LogP contribution is 2.25. The van der Waals surface area contributed by atoms with Crippen molar-refractivity contribution in [1.29, 1.82) is 0 Å². The second kappa shape index (κ2) is 6.46. The first-order valence-corrected chi connectivity index (χ1v) is 6.20. The fraction of sp³-hybridized carbons (Fsp3) is 0.188. The van der Waals surface area contributed by atoms with Gasteiger partial charge in [0, 0.05) is 0 Å². The van der Waals surface area contributed by atoms with Crippen molar-refractivity contribution in [2.24, 2.45) is 0 Å². The van der Waals surface area contributed by atoms with E-state index in [1.54, 1.807) is 24.3 Å². The van der Waals surface area contributed by atoms with Crippen LogP contribution in [0.5, 0.6) is 17.2 Å². The fourth-order valence-corrected chi connectivity index (χ4v) is 1.55. The zero-order valence-electron chi connectivity index (χ0n) is 10.8. The van der Waals surface area contributed by atoms with Gasteiger partial charge in [0.1, 0.15) is 17.2 Å². The normalized spacial score (nSPS) is 9.68. The average molecular weight is 253 g/mol. The van der Waals surface area contributed by atoms with Crippen LogP contribution in [0.3, 0.4) is 0 Å². The largest absolute Gasteiger partial charge is 0.494 e. The molecule has 0 N–H and O–H groups in total. The third-order valence-electron chi connectivity index (χ3n) is 2.50. The molecule has 96 valence electrons. The van der Waals surface area contributed by atoms with Crippen LogP contribution in [0.4, 0.5) is 5.69 Å². The van der Waals surface area contributed by atoms with Gasteiger partial charge in [-0.3, -0.25) is 0 Å². The Morgan fingerprint density at radius 1 is 0.895 bits per heavy atom. The Labute approximate surface area is 113 Å². The molecule has 2 rings (SSSR count). The molecule has 19 heavy (non-hydrogen) atoms. The molecule has 3 nitrogen and oxygen atoms in total. The van der Waals surface area contributed by atoms with Gasteiger partial charge in [0.05, 0.1) is 13.2 Å². The lowest BCUT2D eigenvalue weighted by Crippen LogP contribution is -1.94. The number of hydrogen-bond donors (Lipinski definition) is 0. The van der Waals surface area contributed by atoms with E-state index in [2.05, 4.69) is 11.8 Å². The Morgan fingerprint density at radius 3 is 1.95 bits per heavy atom. The zero-order chi connectivity index (χ0) is 13.5. The van der Waals surface area contributed by atoms with Gasteiger partial charge in [-0.05, 0) is 42.8 Å². The summed E-state index contributed by atoms with van der Waals surface area (Å²) in [5.41, 5.74) is 0.607. The predicted octanol–water partition coefficient (Wildman–Crippen LogP) is 4.82. The van der Waals surface area contributed by atoms with Gasteiger partial charge in [-0.2, -0.15) is 0 Å². The average Bonchev–Trinajstić information content (AvgIpc) is 2.47. The molecule has 0 bridgehead atoms. The smallest absolute Gasteiger partial charge is 0.187 e. The molecule has 0 spiro atoms. The van der Waals surface area contributed by atoms with Crippen molar-refractivity contribution in [2.45, 2.75) is 13.3 Å². The zero-order valence-corrected chi connectivity index (χ0v) is 10.8. The number of ether oxygens (including phenoxy) is 2. The topological polar surface area (TPSA) is 22.8 Å². The predicted molar refractivity (Wildman–Crippen MR) is 75.0 cm³/mol. The highest BCUT2D eigenvalue weighted by molar-refractivity contribution is 5.48. The summed E-state index contributed by atoms with van der Waals surface area (Å²) in [6.07, 6.45) is 0.992. The van der Waals surface area contributed by atoms with Crippen LogP contribution in [0.1, 0.15) is 13.3 Å². The molecule has 0 aliphatic carbocycles. The van der Waals surface area contributed by atoms with Crippen molar-refractivity contribution in [3.05, 3.63) is 59.9 Å². The van der Waals surface area contributed by atoms with E-state index in [9.17, 15) is 0 Å². The molecule has 0 unspecified atom stereocenters. The van der Waals surface area contributed by atoms with Crippen molar-refractivity contribution in [1.82, 2.24) is 0 Å². The Kier molecular flexibility index (Phi) is 4.41. The lowest BCUT2D eigenvalue weighted by atomic mass is 10.3. The Hall–Kier alpha value is -2.47. The number of rotatable bonds is 5. The lowest BCUT2D eigenvalue weighted by Gasteiger charge is -2.07. The van der Waals surface area contributed by atoms with Gasteiger partial charge in [0.2, 0.25) is 0 Å². The molecule has 2 aromatic carbocycles. The van der Waals surface area contributed by atoms with Gasteiger partial charge in [0.15, 0.2) is 5.69 Å². The second-order valence-corrected chi connectivity index (χ2v) is 4.03. The Bertz CT molecular complexity index is 553. The van der Waals surface area contributed by atoms with E-state index in [0.29, 0.717) is 5.69 Å². The Morgan fingerprint density at radius 2 is 1.42 bits per heavy atom. The molecule has 0 fully saturated rings. The van der Waals surface area contributed by atoms with Crippen LogP contribution >= 0.6 is 0 Å². The molecule has 0 amide bonds. The van der Waals surface area contributed by atoms with E-state index in [4.69, 9.17) is 16.0 Å². The minimum Gasteiger partial charge on any atom is -0.494 e. The highest BCUT2D eigenvalue weighted by Gasteiger charge is 1.99.